The molecule has 15 heavy (non-hydrogen) atoms. The van der Waals surface area contributed by atoms with Gasteiger partial charge in [-0.05, 0) is 19.1 Å². The molecule has 1 aliphatic rings. The van der Waals surface area contributed by atoms with E-state index in [1.165, 1.54) is 0 Å². The number of rotatable bonds is 2. The maximum absolute atomic E-state index is 11.4. The number of carbonyl (C=O) groups excluding carboxylic acids is 1. The zero-order valence-corrected chi connectivity index (χ0v) is 8.73. The molecule has 0 aromatic heterocycles. The Morgan fingerprint density at radius 2 is 2.33 bits per heavy atom. The van der Waals surface area contributed by atoms with Crippen LogP contribution in [0.3, 0.4) is 0 Å². The topological polar surface area (TPSA) is 53.3 Å². The lowest BCUT2D eigenvalue weighted by Gasteiger charge is -2.18. The molecule has 0 aromatic carbocycles. The minimum Gasteiger partial charge on any atom is -0.462 e. The van der Waals surface area contributed by atoms with Crippen LogP contribution in [0.15, 0.2) is 35.7 Å². The lowest BCUT2D eigenvalue weighted by atomic mass is 10.1. The quantitative estimate of drug-likeness (QED) is 0.387. The van der Waals surface area contributed by atoms with Crippen LogP contribution in [0.5, 0.6) is 0 Å². The molecule has 0 N–H and O–H groups in total. The predicted octanol–water partition coefficient (Wildman–Crippen LogP) is 1.34. The number of hydrogen-bond donors (Lipinski definition) is 0. The van der Waals surface area contributed by atoms with Crippen LogP contribution >= 0.6 is 0 Å². The second kappa shape index (κ2) is 5.01. The van der Waals surface area contributed by atoms with Gasteiger partial charge in [0.05, 0.1) is 12.3 Å². The number of esters is 1. The third-order valence-electron chi connectivity index (χ3n) is 1.90. The summed E-state index contributed by atoms with van der Waals surface area (Å²) < 4.78 is 4.79. The summed E-state index contributed by atoms with van der Waals surface area (Å²) in [5, 5.41) is 8.90. The van der Waals surface area contributed by atoms with Crippen LogP contribution in [-0.4, -0.2) is 24.5 Å². The van der Waals surface area contributed by atoms with Crippen LogP contribution in [0.2, 0.25) is 0 Å². The molecule has 0 saturated heterocycles. The molecule has 78 valence electrons. The van der Waals surface area contributed by atoms with Crippen molar-refractivity contribution in [1.29, 1.82) is 5.26 Å². The van der Waals surface area contributed by atoms with E-state index in [9.17, 15) is 4.79 Å². The normalized spacial score (nSPS) is 17.3. The Hall–Kier alpha value is -2.02. The fraction of sp³-hybridized carbons (Fsp3) is 0.273. The predicted molar refractivity (Wildman–Crippen MR) is 55.3 cm³/mol. The van der Waals surface area contributed by atoms with Crippen LogP contribution in [0.4, 0.5) is 0 Å². The number of hydrogen-bond acceptors (Lipinski definition) is 4. The van der Waals surface area contributed by atoms with Crippen molar-refractivity contribution in [2.24, 2.45) is 0 Å². The molecule has 0 unspecified atom stereocenters. The van der Waals surface area contributed by atoms with E-state index in [1.54, 1.807) is 37.2 Å². The van der Waals surface area contributed by atoms with Crippen LogP contribution < -0.4 is 0 Å². The average molecular weight is 204 g/mol. The van der Waals surface area contributed by atoms with Crippen LogP contribution in [-0.2, 0) is 9.53 Å². The van der Waals surface area contributed by atoms with Gasteiger partial charge in [-0.15, -0.1) is 0 Å². The van der Waals surface area contributed by atoms with E-state index in [2.05, 4.69) is 0 Å². The number of nitrogens with zero attached hydrogens (tertiary/aromatic N) is 2. The van der Waals surface area contributed by atoms with E-state index in [1.807, 2.05) is 12.1 Å². The van der Waals surface area contributed by atoms with Gasteiger partial charge in [-0.3, -0.25) is 0 Å². The van der Waals surface area contributed by atoms with Crippen molar-refractivity contribution >= 4 is 5.97 Å². The van der Waals surface area contributed by atoms with E-state index in [-0.39, 0.29) is 12.2 Å². The zero-order valence-electron chi connectivity index (χ0n) is 8.73. The van der Waals surface area contributed by atoms with E-state index >= 15 is 0 Å². The summed E-state index contributed by atoms with van der Waals surface area (Å²) in [6.45, 7) is 1.97. The second-order valence-electron chi connectivity index (χ2n) is 2.90. The lowest BCUT2D eigenvalue weighted by molar-refractivity contribution is -0.138. The molecule has 1 aliphatic heterocycles. The highest BCUT2D eigenvalue weighted by Crippen LogP contribution is 2.15. The standard InChI is InChI=1S/C11H12N2O2/c1-3-15-11(14)9(8-12)10-6-4-5-7-13(10)2/h4-7H,3H2,1-2H3/b10-9-. The molecule has 0 fully saturated rings. The first-order valence-electron chi connectivity index (χ1n) is 4.60. The van der Waals surface area contributed by atoms with Gasteiger partial charge in [-0.2, -0.15) is 5.26 Å². The Balaban J connectivity index is 3.04. The summed E-state index contributed by atoms with van der Waals surface area (Å²) in [6, 6.07) is 1.87. The van der Waals surface area contributed by atoms with Crippen molar-refractivity contribution in [1.82, 2.24) is 4.90 Å². The summed E-state index contributed by atoms with van der Waals surface area (Å²) in [7, 11) is 1.77. The Morgan fingerprint density at radius 1 is 1.60 bits per heavy atom. The maximum atomic E-state index is 11.4. The van der Waals surface area contributed by atoms with Crippen LogP contribution in [0, 0.1) is 11.3 Å². The first-order chi connectivity index (χ1) is 7.20. The molecule has 4 heteroatoms. The number of allylic oxidation sites excluding steroid dienone is 3. The van der Waals surface area contributed by atoms with Crippen molar-refractivity contribution < 1.29 is 9.53 Å². The van der Waals surface area contributed by atoms with E-state index < -0.39 is 5.97 Å². The summed E-state index contributed by atoms with van der Waals surface area (Å²) in [6.07, 6.45) is 7.07. The Morgan fingerprint density at radius 3 is 2.87 bits per heavy atom. The van der Waals surface area contributed by atoms with Crippen LogP contribution in [0.25, 0.3) is 0 Å². The summed E-state index contributed by atoms with van der Waals surface area (Å²) >= 11 is 0. The Kier molecular flexibility index (Phi) is 3.69. The fourth-order valence-electron chi connectivity index (χ4n) is 1.19. The van der Waals surface area contributed by atoms with Crippen molar-refractivity contribution in [2.45, 2.75) is 6.92 Å². The van der Waals surface area contributed by atoms with Gasteiger partial charge in [0.2, 0.25) is 0 Å². The minimum absolute atomic E-state index is 0.0277. The highest BCUT2D eigenvalue weighted by atomic mass is 16.5. The molecule has 1 rings (SSSR count). The maximum Gasteiger partial charge on any atom is 0.351 e. The molecule has 0 amide bonds. The van der Waals surface area contributed by atoms with Gasteiger partial charge in [0.1, 0.15) is 6.07 Å². The smallest absolute Gasteiger partial charge is 0.351 e. The Labute approximate surface area is 88.7 Å². The fourth-order valence-corrected chi connectivity index (χ4v) is 1.19. The number of carbonyl (C=O) groups is 1. The lowest BCUT2D eigenvalue weighted by Crippen LogP contribution is -2.17. The zero-order chi connectivity index (χ0) is 11.3. The molecule has 0 aromatic rings. The third kappa shape index (κ3) is 2.47. The van der Waals surface area contributed by atoms with Gasteiger partial charge in [-0.1, -0.05) is 6.08 Å². The van der Waals surface area contributed by atoms with Crippen LogP contribution in [0.1, 0.15) is 6.92 Å². The van der Waals surface area contributed by atoms with E-state index in [4.69, 9.17) is 10.00 Å². The molecule has 0 radical (unpaired) electrons. The van der Waals surface area contributed by atoms with Gasteiger partial charge >= 0.3 is 5.97 Å². The summed E-state index contributed by atoms with van der Waals surface area (Å²) in [4.78, 5) is 13.1. The first-order valence-corrected chi connectivity index (χ1v) is 4.60. The van der Waals surface area contributed by atoms with Gasteiger partial charge in [-0.25, -0.2) is 4.79 Å². The highest BCUT2D eigenvalue weighted by Gasteiger charge is 2.17. The first kappa shape index (κ1) is 11.1. The van der Waals surface area contributed by atoms with Gasteiger partial charge < -0.3 is 9.64 Å². The summed E-state index contributed by atoms with van der Waals surface area (Å²) in [5.74, 6) is -0.582. The molecule has 0 spiro atoms. The molecule has 4 nitrogen and oxygen atoms in total. The third-order valence-corrected chi connectivity index (χ3v) is 1.90. The largest absolute Gasteiger partial charge is 0.462 e. The van der Waals surface area contributed by atoms with Gasteiger partial charge in [0, 0.05) is 13.2 Å². The molecule has 0 saturated carbocycles. The molecule has 1 heterocycles. The minimum atomic E-state index is -0.582. The van der Waals surface area contributed by atoms with Crippen molar-refractivity contribution in [2.75, 3.05) is 13.7 Å². The van der Waals surface area contributed by atoms with Crippen molar-refractivity contribution in [3.63, 3.8) is 0 Å². The van der Waals surface area contributed by atoms with E-state index in [0.29, 0.717) is 5.70 Å². The van der Waals surface area contributed by atoms with Crippen molar-refractivity contribution in [3.8, 4) is 6.07 Å². The Bertz CT molecular complexity index is 386. The SMILES string of the molecule is CCOC(=O)/C(C#N)=C1/C=CC=CN1C. The molecule has 0 atom stereocenters. The van der Waals surface area contributed by atoms with E-state index in [0.717, 1.165) is 0 Å². The number of ether oxygens (including phenoxy) is 1. The molecular formula is C11H12N2O2. The number of nitriles is 1. The number of likely N-dealkylation sites (N-methyl/N-ethyl adjacent to an activating group) is 1. The summed E-state index contributed by atoms with van der Waals surface area (Å²) in [5.41, 5.74) is 0.582. The highest BCUT2D eigenvalue weighted by molar-refractivity contribution is 5.94. The second-order valence-corrected chi connectivity index (χ2v) is 2.90. The van der Waals surface area contributed by atoms with Gasteiger partial charge in [0.25, 0.3) is 0 Å². The average Bonchev–Trinajstić information content (AvgIpc) is 2.22. The monoisotopic (exact) mass is 204 g/mol. The van der Waals surface area contributed by atoms with Gasteiger partial charge in [0.15, 0.2) is 5.57 Å². The molecule has 0 aliphatic carbocycles. The molecule has 0 bridgehead atoms. The molecular weight excluding hydrogens is 192 g/mol. The van der Waals surface area contributed by atoms with Crippen molar-refractivity contribution in [3.05, 3.63) is 35.7 Å².